The summed E-state index contributed by atoms with van der Waals surface area (Å²) in [7, 11) is 2.16. The molecule has 196 valence electrons. The Bertz CT molecular complexity index is 1540. The molecule has 0 saturated carbocycles. The van der Waals surface area contributed by atoms with E-state index < -0.39 is 0 Å². The van der Waals surface area contributed by atoms with E-state index in [0.29, 0.717) is 35.3 Å². The number of fused-ring (bicyclic) bond motifs is 2. The molecule has 2 aliphatic rings. The molecule has 0 spiro atoms. The highest BCUT2D eigenvalue weighted by molar-refractivity contribution is 7.80. The monoisotopic (exact) mass is 528 g/mol. The summed E-state index contributed by atoms with van der Waals surface area (Å²) in [6.07, 6.45) is 5.34. The Morgan fingerprint density at radius 2 is 1.89 bits per heavy atom. The van der Waals surface area contributed by atoms with Gasteiger partial charge in [-0.2, -0.15) is 17.6 Å². The van der Waals surface area contributed by atoms with E-state index in [1.165, 1.54) is 11.3 Å². The summed E-state index contributed by atoms with van der Waals surface area (Å²) in [5.41, 5.74) is 4.74. The third-order valence-electron chi connectivity index (χ3n) is 7.55. The average molecular weight is 529 g/mol. The third kappa shape index (κ3) is 4.48. The van der Waals surface area contributed by atoms with E-state index in [1.807, 2.05) is 18.2 Å². The van der Waals surface area contributed by atoms with Gasteiger partial charge in [-0.3, -0.25) is 4.79 Å². The van der Waals surface area contributed by atoms with Crippen molar-refractivity contribution in [3.05, 3.63) is 76.9 Å². The van der Waals surface area contributed by atoms with Crippen LogP contribution in [0.1, 0.15) is 23.6 Å². The molecule has 10 heteroatoms. The molecule has 1 saturated heterocycles. The van der Waals surface area contributed by atoms with Gasteiger partial charge >= 0.3 is 0 Å². The molecule has 38 heavy (non-hydrogen) atoms. The number of rotatable bonds is 7. The summed E-state index contributed by atoms with van der Waals surface area (Å²) in [4.78, 5) is 32.3. The number of thiol groups is 1. The van der Waals surface area contributed by atoms with Crippen molar-refractivity contribution >= 4 is 41.0 Å². The van der Waals surface area contributed by atoms with Crippen molar-refractivity contribution in [1.82, 2.24) is 29.2 Å². The molecule has 1 N–H and O–H groups in total. The predicted molar refractivity (Wildman–Crippen MR) is 155 cm³/mol. The first-order valence-electron chi connectivity index (χ1n) is 13.1. The van der Waals surface area contributed by atoms with Crippen molar-refractivity contribution in [3.63, 3.8) is 0 Å². The zero-order valence-electron chi connectivity index (χ0n) is 21.5. The molecule has 1 aromatic carbocycles. The number of allylic oxidation sites excluding steroid dienone is 1. The second-order valence-corrected chi connectivity index (χ2v) is 10.4. The van der Waals surface area contributed by atoms with E-state index in [4.69, 9.17) is 9.97 Å². The van der Waals surface area contributed by atoms with Gasteiger partial charge in [0.2, 0.25) is 5.95 Å². The van der Waals surface area contributed by atoms with Gasteiger partial charge in [-0.15, -0.1) is 6.58 Å². The third-order valence-corrected chi connectivity index (χ3v) is 7.99. The van der Waals surface area contributed by atoms with Gasteiger partial charge in [0.1, 0.15) is 5.39 Å². The topological polar surface area (TPSA) is 84.1 Å². The Hall–Kier alpha value is -3.63. The molecule has 1 aliphatic carbocycles. The Labute approximate surface area is 227 Å². The number of hydrogen-bond acceptors (Lipinski definition) is 8. The number of anilines is 3. The van der Waals surface area contributed by atoms with Gasteiger partial charge in [0.15, 0.2) is 11.5 Å². The van der Waals surface area contributed by atoms with Crippen LogP contribution in [0.15, 0.2) is 60.0 Å². The number of aromatic nitrogens is 5. The van der Waals surface area contributed by atoms with Gasteiger partial charge in [0.05, 0.1) is 6.54 Å². The van der Waals surface area contributed by atoms with Gasteiger partial charge in [-0.25, -0.2) is 19.3 Å². The smallest absolute Gasteiger partial charge is 0.278 e. The van der Waals surface area contributed by atoms with Gasteiger partial charge in [0, 0.05) is 55.4 Å². The standard InChI is InChI=1S/C28H32N8OS/c1-3-12-35-27(37)23-17-29-28(30-21-7-9-22(10-8-21)34-15-13-33(2)14-16-34)32-26(23)36(35)24-11-6-19-4-5-20(18-38)25(19)31-24/h3,6-11,17,20,38H,1,4-5,12-16,18H2,2H3,(H,29,30,32). The zero-order valence-corrected chi connectivity index (χ0v) is 22.4. The predicted octanol–water partition coefficient (Wildman–Crippen LogP) is 3.62. The minimum absolute atomic E-state index is 0.170. The highest BCUT2D eigenvalue weighted by Gasteiger charge is 2.25. The van der Waals surface area contributed by atoms with E-state index in [9.17, 15) is 4.79 Å². The van der Waals surface area contributed by atoms with Crippen LogP contribution in [-0.4, -0.2) is 68.2 Å². The number of nitrogens with one attached hydrogen (secondary N) is 1. The number of pyridine rings is 1. The molecule has 1 atom stereocenters. The summed E-state index contributed by atoms with van der Waals surface area (Å²) in [5.74, 6) is 2.14. The molecule has 1 unspecified atom stereocenters. The lowest BCUT2D eigenvalue weighted by Gasteiger charge is -2.34. The van der Waals surface area contributed by atoms with Gasteiger partial charge < -0.3 is 15.1 Å². The largest absolute Gasteiger partial charge is 0.369 e. The minimum Gasteiger partial charge on any atom is -0.369 e. The molecule has 4 aromatic rings. The van der Waals surface area contributed by atoms with E-state index in [0.717, 1.165) is 56.2 Å². The quantitative estimate of drug-likeness (QED) is 0.280. The number of piperazine rings is 1. The van der Waals surface area contributed by atoms with Crippen LogP contribution in [-0.2, 0) is 13.0 Å². The Morgan fingerprint density at radius 1 is 1.11 bits per heavy atom. The lowest BCUT2D eigenvalue weighted by Crippen LogP contribution is -2.44. The van der Waals surface area contributed by atoms with E-state index in [2.05, 4.69) is 64.6 Å². The van der Waals surface area contributed by atoms with Crippen LogP contribution in [0.5, 0.6) is 0 Å². The zero-order chi connectivity index (χ0) is 26.2. The minimum atomic E-state index is -0.170. The van der Waals surface area contributed by atoms with Crippen LogP contribution >= 0.6 is 12.6 Å². The fraction of sp³-hybridized carbons (Fsp3) is 0.357. The lowest BCUT2D eigenvalue weighted by molar-refractivity contribution is 0.313. The van der Waals surface area contributed by atoms with Crippen molar-refractivity contribution in [2.24, 2.45) is 0 Å². The van der Waals surface area contributed by atoms with Crippen LogP contribution in [0, 0.1) is 0 Å². The summed E-state index contributed by atoms with van der Waals surface area (Å²) < 4.78 is 3.40. The number of hydrogen-bond donors (Lipinski definition) is 2. The van der Waals surface area contributed by atoms with E-state index >= 15 is 0 Å². The van der Waals surface area contributed by atoms with Gasteiger partial charge in [-0.1, -0.05) is 12.1 Å². The van der Waals surface area contributed by atoms with Crippen molar-refractivity contribution in [2.45, 2.75) is 25.3 Å². The number of benzene rings is 1. The van der Waals surface area contributed by atoms with Crippen molar-refractivity contribution < 1.29 is 0 Å². The number of aryl methyl sites for hydroxylation is 1. The summed E-state index contributed by atoms with van der Waals surface area (Å²) in [6.45, 7) is 8.35. The molecular weight excluding hydrogens is 496 g/mol. The Kier molecular flexibility index (Phi) is 6.67. The SMILES string of the molecule is C=CCn1c(=O)c2cnc(Nc3ccc(N4CCN(C)CC4)cc3)nc2n1-c1ccc2c(n1)C(CS)CC2. The van der Waals surface area contributed by atoms with Crippen molar-refractivity contribution in [3.8, 4) is 5.82 Å². The normalized spacial score (nSPS) is 17.6. The maximum Gasteiger partial charge on any atom is 0.278 e. The second-order valence-electron chi connectivity index (χ2n) is 10.0. The molecule has 3 aromatic heterocycles. The van der Waals surface area contributed by atoms with Gasteiger partial charge in [-0.05, 0) is 61.5 Å². The van der Waals surface area contributed by atoms with Crippen molar-refractivity contribution in [1.29, 1.82) is 0 Å². The first-order valence-corrected chi connectivity index (χ1v) is 13.7. The van der Waals surface area contributed by atoms with Crippen LogP contribution in [0.2, 0.25) is 0 Å². The fourth-order valence-corrected chi connectivity index (χ4v) is 5.73. The highest BCUT2D eigenvalue weighted by atomic mass is 32.1. The molecule has 0 bridgehead atoms. The van der Waals surface area contributed by atoms with Gasteiger partial charge in [0.25, 0.3) is 5.56 Å². The molecule has 4 heterocycles. The summed E-state index contributed by atoms with van der Waals surface area (Å²) >= 11 is 4.53. The highest BCUT2D eigenvalue weighted by Crippen LogP contribution is 2.33. The molecule has 6 rings (SSSR count). The lowest BCUT2D eigenvalue weighted by atomic mass is 10.1. The maximum absolute atomic E-state index is 13.3. The summed E-state index contributed by atoms with van der Waals surface area (Å²) in [6, 6.07) is 12.4. The first kappa shape index (κ1) is 24.7. The Morgan fingerprint density at radius 3 is 2.63 bits per heavy atom. The molecular formula is C28H32N8OS. The molecule has 0 amide bonds. The van der Waals surface area contributed by atoms with Crippen LogP contribution in [0.25, 0.3) is 16.9 Å². The molecule has 1 aliphatic heterocycles. The molecule has 1 fully saturated rings. The number of nitrogens with zero attached hydrogens (tertiary/aromatic N) is 7. The van der Waals surface area contributed by atoms with Crippen LogP contribution in [0.3, 0.4) is 0 Å². The van der Waals surface area contributed by atoms with Crippen LogP contribution in [0.4, 0.5) is 17.3 Å². The molecule has 9 nitrogen and oxygen atoms in total. The fourth-order valence-electron chi connectivity index (χ4n) is 5.38. The van der Waals surface area contributed by atoms with Crippen LogP contribution < -0.4 is 15.8 Å². The summed E-state index contributed by atoms with van der Waals surface area (Å²) in [5, 5.41) is 3.75. The Balaban J connectivity index is 1.34. The number of likely N-dealkylation sites (N-methyl/N-ethyl adjacent to an activating group) is 1. The molecule has 0 radical (unpaired) electrons. The first-order chi connectivity index (χ1) is 18.6. The second kappa shape index (κ2) is 10.3. The van der Waals surface area contributed by atoms with Crippen molar-refractivity contribution in [2.75, 3.05) is 49.2 Å². The van der Waals surface area contributed by atoms with E-state index in [1.54, 1.807) is 21.6 Å². The maximum atomic E-state index is 13.3. The van der Waals surface area contributed by atoms with E-state index in [-0.39, 0.29) is 5.56 Å². The average Bonchev–Trinajstić information content (AvgIpc) is 3.47.